The molecule has 0 fully saturated rings. The van der Waals surface area contributed by atoms with E-state index in [1.54, 1.807) is 12.2 Å². The Balaban J connectivity index is 2.00. The third-order valence-electron chi connectivity index (χ3n) is 5.04. The predicted octanol–water partition coefficient (Wildman–Crippen LogP) is 4.30. The van der Waals surface area contributed by atoms with Gasteiger partial charge in [-0.15, -0.1) is 0 Å². The van der Waals surface area contributed by atoms with E-state index in [4.69, 9.17) is 11.1 Å². The Bertz CT molecular complexity index is 881. The number of rotatable bonds is 6. The number of carbonyl (C=O) groups is 1. The van der Waals surface area contributed by atoms with Gasteiger partial charge in [-0.05, 0) is 30.4 Å². The quantitative estimate of drug-likeness (QED) is 0.296. The maximum absolute atomic E-state index is 13.8. The first kappa shape index (κ1) is 24.6. The molecule has 10 heteroatoms. The SMILES string of the molecule is C=C1CN(C(=O)C[C@H](N)Cc2cc(F)c(F)cc2F)CC=CCC1CC(=N)C(F)(F)F. The zero-order valence-electron chi connectivity index (χ0n) is 16.6. The molecule has 0 aromatic heterocycles. The number of allylic oxidation sites excluding steroid dienone is 1. The van der Waals surface area contributed by atoms with Gasteiger partial charge in [0.2, 0.25) is 5.91 Å². The molecule has 1 heterocycles. The van der Waals surface area contributed by atoms with Crippen molar-refractivity contribution in [2.45, 2.75) is 37.9 Å². The van der Waals surface area contributed by atoms with Crippen molar-refractivity contribution in [1.82, 2.24) is 4.90 Å². The fourth-order valence-corrected chi connectivity index (χ4v) is 3.28. The van der Waals surface area contributed by atoms with Crippen LogP contribution in [0.1, 0.15) is 24.8 Å². The van der Waals surface area contributed by atoms with Crippen LogP contribution >= 0.6 is 0 Å². The van der Waals surface area contributed by atoms with Gasteiger partial charge in [-0.25, -0.2) is 13.2 Å². The van der Waals surface area contributed by atoms with Crippen LogP contribution in [-0.4, -0.2) is 41.8 Å². The van der Waals surface area contributed by atoms with Gasteiger partial charge in [0.1, 0.15) is 11.5 Å². The van der Waals surface area contributed by atoms with Gasteiger partial charge in [-0.1, -0.05) is 24.3 Å². The van der Waals surface area contributed by atoms with Gasteiger partial charge >= 0.3 is 6.18 Å². The molecule has 2 atom stereocenters. The molecule has 1 unspecified atom stereocenters. The molecule has 170 valence electrons. The number of hydrogen-bond donors (Lipinski definition) is 2. The zero-order chi connectivity index (χ0) is 23.3. The minimum absolute atomic E-state index is 0.00870. The van der Waals surface area contributed by atoms with E-state index < -0.39 is 53.6 Å². The number of nitrogens with zero attached hydrogens (tertiary/aromatic N) is 1. The summed E-state index contributed by atoms with van der Waals surface area (Å²) >= 11 is 0. The third kappa shape index (κ3) is 6.95. The molecule has 3 N–H and O–H groups in total. The van der Waals surface area contributed by atoms with E-state index >= 15 is 0 Å². The first-order valence-corrected chi connectivity index (χ1v) is 9.52. The van der Waals surface area contributed by atoms with E-state index in [1.165, 1.54) is 4.90 Å². The molecular weight excluding hydrogens is 424 g/mol. The molecule has 1 aromatic carbocycles. The molecule has 1 aliphatic heterocycles. The second-order valence-corrected chi connectivity index (χ2v) is 7.54. The number of alkyl halides is 3. The highest BCUT2D eigenvalue weighted by atomic mass is 19.4. The van der Waals surface area contributed by atoms with Crippen LogP contribution in [0.25, 0.3) is 0 Å². The van der Waals surface area contributed by atoms with Gasteiger partial charge in [0.05, 0.1) is 0 Å². The van der Waals surface area contributed by atoms with Crippen LogP contribution in [0.3, 0.4) is 0 Å². The van der Waals surface area contributed by atoms with Crippen LogP contribution in [-0.2, 0) is 11.2 Å². The van der Waals surface area contributed by atoms with Gasteiger partial charge in [-0.3, -0.25) is 4.79 Å². The van der Waals surface area contributed by atoms with Crippen LogP contribution in [0.5, 0.6) is 0 Å². The van der Waals surface area contributed by atoms with Crippen LogP contribution in [0, 0.1) is 28.8 Å². The highest BCUT2D eigenvalue weighted by Gasteiger charge is 2.36. The van der Waals surface area contributed by atoms with E-state index in [-0.39, 0.29) is 37.9 Å². The molecular formula is C21H23F6N3O. The topological polar surface area (TPSA) is 70.2 Å². The van der Waals surface area contributed by atoms with Crippen LogP contribution in [0.15, 0.2) is 36.4 Å². The molecule has 0 saturated carbocycles. The third-order valence-corrected chi connectivity index (χ3v) is 5.04. The Labute approximate surface area is 175 Å². The highest BCUT2D eigenvalue weighted by molar-refractivity contribution is 5.87. The van der Waals surface area contributed by atoms with E-state index in [1.807, 2.05) is 0 Å². The average Bonchev–Trinajstić information content (AvgIpc) is 2.64. The summed E-state index contributed by atoms with van der Waals surface area (Å²) in [7, 11) is 0. The lowest BCUT2D eigenvalue weighted by molar-refractivity contribution is -0.130. The summed E-state index contributed by atoms with van der Waals surface area (Å²) in [5, 5.41) is 7.20. The first-order chi connectivity index (χ1) is 14.4. The fourth-order valence-electron chi connectivity index (χ4n) is 3.28. The average molecular weight is 447 g/mol. The first-order valence-electron chi connectivity index (χ1n) is 9.52. The monoisotopic (exact) mass is 447 g/mol. The number of hydrogen-bond acceptors (Lipinski definition) is 3. The lowest BCUT2D eigenvalue weighted by atomic mass is 9.89. The Morgan fingerprint density at radius 3 is 2.48 bits per heavy atom. The largest absolute Gasteiger partial charge is 0.428 e. The summed E-state index contributed by atoms with van der Waals surface area (Å²) in [6, 6.07) is 0.213. The molecule has 31 heavy (non-hydrogen) atoms. The molecule has 0 saturated heterocycles. The van der Waals surface area contributed by atoms with Gasteiger partial charge < -0.3 is 16.0 Å². The zero-order valence-corrected chi connectivity index (χ0v) is 16.6. The molecule has 0 bridgehead atoms. The summed E-state index contributed by atoms with van der Waals surface area (Å²) in [5.74, 6) is -4.61. The molecule has 0 spiro atoms. The molecule has 0 radical (unpaired) electrons. The summed E-state index contributed by atoms with van der Waals surface area (Å²) in [4.78, 5) is 14.0. The van der Waals surface area contributed by atoms with E-state index in [2.05, 4.69) is 6.58 Å². The van der Waals surface area contributed by atoms with Crippen LogP contribution < -0.4 is 5.73 Å². The van der Waals surface area contributed by atoms with Gasteiger partial charge in [0, 0.05) is 38.0 Å². The van der Waals surface area contributed by atoms with Crippen molar-refractivity contribution in [3.63, 3.8) is 0 Å². The lowest BCUT2D eigenvalue weighted by Crippen LogP contribution is -2.39. The van der Waals surface area contributed by atoms with Crippen molar-refractivity contribution < 1.29 is 31.1 Å². The van der Waals surface area contributed by atoms with Gasteiger partial charge in [-0.2, -0.15) is 13.2 Å². The number of nitrogens with one attached hydrogen (secondary N) is 1. The van der Waals surface area contributed by atoms with Crippen molar-refractivity contribution in [1.29, 1.82) is 5.41 Å². The summed E-state index contributed by atoms with van der Waals surface area (Å²) in [5.41, 5.74) is 4.75. The standard InChI is InChI=1S/C21H23F6N3O/c1-12-11-30(5-3-2-4-13(12)8-19(29)21(25,26)27)20(31)9-15(28)6-14-7-17(23)18(24)10-16(14)22/h2-3,7,10,13,15,29H,1,4-6,8-9,11,28H2/t13?,15-/m1/s1. The van der Waals surface area contributed by atoms with Crippen LogP contribution in [0.4, 0.5) is 26.3 Å². The van der Waals surface area contributed by atoms with Crippen molar-refractivity contribution in [2.75, 3.05) is 13.1 Å². The lowest BCUT2D eigenvalue weighted by Gasteiger charge is -2.29. The Kier molecular flexibility index (Phi) is 8.05. The molecule has 1 aliphatic rings. The number of carbonyl (C=O) groups excluding carboxylic acids is 1. The van der Waals surface area contributed by atoms with Crippen molar-refractivity contribution in [2.24, 2.45) is 11.7 Å². The number of halogens is 6. The molecule has 2 rings (SSSR count). The minimum Gasteiger partial charge on any atom is -0.335 e. The maximum atomic E-state index is 13.8. The Hall–Kier alpha value is -2.62. The minimum atomic E-state index is -4.72. The van der Waals surface area contributed by atoms with Gasteiger partial charge in [0.25, 0.3) is 0 Å². The number of nitrogens with two attached hydrogens (primary N) is 1. The van der Waals surface area contributed by atoms with E-state index in [0.717, 1.165) is 0 Å². The van der Waals surface area contributed by atoms with Crippen molar-refractivity contribution >= 4 is 11.6 Å². The molecule has 0 aliphatic carbocycles. The second kappa shape index (κ2) is 10.1. The predicted molar refractivity (Wildman–Crippen MR) is 104 cm³/mol. The summed E-state index contributed by atoms with van der Waals surface area (Å²) in [6.45, 7) is 3.97. The van der Waals surface area contributed by atoms with E-state index in [0.29, 0.717) is 17.7 Å². The fraction of sp³-hybridized carbons (Fsp3) is 0.429. The molecule has 1 amide bonds. The van der Waals surface area contributed by atoms with Crippen molar-refractivity contribution in [3.05, 3.63) is 59.5 Å². The highest BCUT2D eigenvalue weighted by Crippen LogP contribution is 2.28. The number of amides is 1. The Morgan fingerprint density at radius 1 is 1.19 bits per heavy atom. The number of benzene rings is 1. The van der Waals surface area contributed by atoms with E-state index in [9.17, 15) is 31.1 Å². The smallest absolute Gasteiger partial charge is 0.335 e. The van der Waals surface area contributed by atoms with Gasteiger partial charge in [0.15, 0.2) is 11.6 Å². The maximum Gasteiger partial charge on any atom is 0.428 e. The summed E-state index contributed by atoms with van der Waals surface area (Å²) in [6.07, 6.45) is -2.15. The van der Waals surface area contributed by atoms with Crippen molar-refractivity contribution in [3.8, 4) is 0 Å². The Morgan fingerprint density at radius 2 is 1.84 bits per heavy atom. The van der Waals surface area contributed by atoms with Crippen LogP contribution in [0.2, 0.25) is 0 Å². The normalized spacial score (nSPS) is 18.5. The molecule has 4 nitrogen and oxygen atoms in total. The summed E-state index contributed by atoms with van der Waals surface area (Å²) < 4.78 is 78.2. The molecule has 1 aromatic rings. The second-order valence-electron chi connectivity index (χ2n) is 7.54.